The fourth-order valence-corrected chi connectivity index (χ4v) is 10.3. The number of carbonyl (C=O) groups is 3. The minimum Gasteiger partial charge on any atom is -0.463 e. The van der Waals surface area contributed by atoms with Gasteiger partial charge in [0.2, 0.25) is 0 Å². The van der Waals surface area contributed by atoms with E-state index in [1.807, 2.05) is 0 Å². The van der Waals surface area contributed by atoms with Gasteiger partial charge in [0, 0.05) is 19.3 Å². The molecule has 0 amide bonds. The number of phosphoric ester groups is 2. The Morgan fingerprint density at radius 2 is 0.515 bits per heavy atom. The molecular formula is C79H126O16P2. The van der Waals surface area contributed by atoms with E-state index < -0.39 is 91.5 Å². The summed E-state index contributed by atoms with van der Waals surface area (Å²) in [4.78, 5) is 58.5. The second-order valence-electron chi connectivity index (χ2n) is 23.2. The lowest BCUT2D eigenvalue weighted by Crippen LogP contribution is -2.30. The first-order valence-corrected chi connectivity index (χ1v) is 39.1. The maximum absolute atomic E-state index is 12.9. The number of allylic oxidation sites excluding steroid dienone is 30. The van der Waals surface area contributed by atoms with Gasteiger partial charge in [0.1, 0.15) is 25.4 Å². The van der Waals surface area contributed by atoms with E-state index in [1.54, 1.807) is 0 Å². The van der Waals surface area contributed by atoms with Gasteiger partial charge in [0.05, 0.1) is 26.4 Å². The van der Waals surface area contributed by atoms with Gasteiger partial charge in [0.15, 0.2) is 6.10 Å². The third-order valence-corrected chi connectivity index (χ3v) is 16.0. The van der Waals surface area contributed by atoms with E-state index in [2.05, 4.69) is 203 Å². The molecule has 0 spiro atoms. The molecule has 0 aromatic heterocycles. The van der Waals surface area contributed by atoms with E-state index in [1.165, 1.54) is 0 Å². The molecule has 5 unspecified atom stereocenters. The van der Waals surface area contributed by atoms with Crippen LogP contribution in [0.5, 0.6) is 0 Å². The zero-order chi connectivity index (χ0) is 70.9. The van der Waals surface area contributed by atoms with Crippen LogP contribution < -0.4 is 0 Å². The Hall–Kier alpha value is -5.35. The number of unbranched alkanes of at least 4 members (excludes halogenated alkanes) is 13. The van der Waals surface area contributed by atoms with E-state index in [0.717, 1.165) is 180 Å². The van der Waals surface area contributed by atoms with Crippen molar-refractivity contribution in [2.45, 2.75) is 257 Å². The summed E-state index contributed by atoms with van der Waals surface area (Å²) < 4.78 is 60.9. The minimum atomic E-state index is -4.95. The summed E-state index contributed by atoms with van der Waals surface area (Å²) in [6.45, 7) is 2.21. The van der Waals surface area contributed by atoms with Gasteiger partial charge in [0.25, 0.3) is 0 Å². The summed E-state index contributed by atoms with van der Waals surface area (Å²) in [5, 5.41) is 20.6. The Balaban J connectivity index is 4.74. The van der Waals surface area contributed by atoms with Crippen LogP contribution in [0.3, 0.4) is 0 Å². The van der Waals surface area contributed by atoms with Crippen molar-refractivity contribution < 1.29 is 75.8 Å². The molecule has 5 atom stereocenters. The predicted octanol–water partition coefficient (Wildman–Crippen LogP) is 20.6. The van der Waals surface area contributed by atoms with Crippen molar-refractivity contribution in [2.24, 2.45) is 0 Å². The van der Waals surface area contributed by atoms with E-state index in [0.29, 0.717) is 19.3 Å². The van der Waals surface area contributed by atoms with Gasteiger partial charge in [-0.2, -0.15) is 0 Å². The molecule has 0 rings (SSSR count). The second kappa shape index (κ2) is 70.5. The monoisotopic (exact) mass is 1390 g/mol. The van der Waals surface area contributed by atoms with Crippen LogP contribution >= 0.6 is 15.6 Å². The maximum atomic E-state index is 12.9. The van der Waals surface area contributed by atoms with Gasteiger partial charge in [-0.05, 0) is 154 Å². The summed E-state index contributed by atoms with van der Waals surface area (Å²) >= 11 is 0. The highest BCUT2D eigenvalue weighted by Crippen LogP contribution is 2.45. The van der Waals surface area contributed by atoms with Crippen molar-refractivity contribution >= 4 is 33.6 Å². The average molecular weight is 1390 g/mol. The molecule has 18 heteroatoms. The molecule has 0 fully saturated rings. The van der Waals surface area contributed by atoms with Crippen LogP contribution in [-0.4, -0.2) is 95.9 Å². The van der Waals surface area contributed by atoms with Gasteiger partial charge < -0.3 is 34.2 Å². The second-order valence-corrected chi connectivity index (χ2v) is 26.1. The van der Waals surface area contributed by atoms with Crippen molar-refractivity contribution in [3.05, 3.63) is 182 Å². The maximum Gasteiger partial charge on any atom is 0.472 e. The standard InChI is InChI=1S/C79H126O16P2/c1-4-7-10-13-16-19-22-25-28-30-32-34-36-38-40-42-45-47-50-53-56-59-62-65-77(82)89-68-74(80)69-91-96(85,86)92-70-75(81)71-93-97(87,88)94-73-76(95-79(84)67-64-61-58-55-52-49-44-27-24-21-18-15-12-9-6-3)72-90-78(83)66-63-60-57-54-51-48-46-43-41-39-37-35-33-31-29-26-23-20-17-14-11-8-5-2/h7-12,16-21,25-29,32-35,38-41,44-48,74-76,80-81H,4-6,13-15,22-24,30-31,36-37,42-43,49-73H2,1-3H3,(H,85,86)(H,87,88)/b10-7-,11-8-,12-9-,19-16-,20-17-,21-18-,28-25-,29-26-,34-32-,35-33-,40-38-,41-39-,44-27-,47-45-,48-46-. The average Bonchev–Trinajstić information content (AvgIpc) is 1.77. The Bertz CT molecular complexity index is 2490. The Morgan fingerprint density at radius 3 is 0.814 bits per heavy atom. The SMILES string of the molecule is CC/C=C\C/C=C\C/C=C\C/C=C\C/C=C\C/C=C\CCCCCCC(=O)OCC(O)COP(=O)(O)OCC(O)COP(=O)(O)OCC(COC(=O)CCCCCC/C=C\C/C=C\C/C=C\C/C=C\C/C=C\C/C=C\CC)OC(=O)CCCCCCC/C=C\C/C=C\C/C=C\CC. The normalized spacial score (nSPS) is 15.2. The van der Waals surface area contributed by atoms with Crippen LogP contribution in [0.15, 0.2) is 182 Å². The van der Waals surface area contributed by atoms with E-state index in [4.69, 9.17) is 32.3 Å². The van der Waals surface area contributed by atoms with Crippen molar-refractivity contribution in [3.63, 3.8) is 0 Å². The Kier molecular flexibility index (Phi) is 66.6. The summed E-state index contributed by atoms with van der Waals surface area (Å²) in [6.07, 6.45) is 89.4. The molecule has 0 bridgehead atoms. The van der Waals surface area contributed by atoms with Gasteiger partial charge in [-0.25, -0.2) is 9.13 Å². The molecule has 0 saturated carbocycles. The smallest absolute Gasteiger partial charge is 0.463 e. The van der Waals surface area contributed by atoms with Crippen molar-refractivity contribution in [2.75, 3.05) is 39.6 Å². The number of aliphatic hydroxyl groups is 2. The number of esters is 3. The number of ether oxygens (including phenoxy) is 3. The van der Waals surface area contributed by atoms with Gasteiger partial charge >= 0.3 is 33.6 Å². The minimum absolute atomic E-state index is 0.0706. The van der Waals surface area contributed by atoms with Crippen LogP contribution in [-0.2, 0) is 55.8 Å². The van der Waals surface area contributed by atoms with Crippen molar-refractivity contribution in [1.82, 2.24) is 0 Å². The largest absolute Gasteiger partial charge is 0.472 e. The molecule has 0 saturated heterocycles. The highest BCUT2D eigenvalue weighted by Gasteiger charge is 2.29. The van der Waals surface area contributed by atoms with Gasteiger partial charge in [-0.3, -0.25) is 32.5 Å². The van der Waals surface area contributed by atoms with Crippen LogP contribution in [0.25, 0.3) is 0 Å². The fraction of sp³-hybridized carbons (Fsp3) is 0.582. The molecule has 16 nitrogen and oxygen atoms in total. The van der Waals surface area contributed by atoms with Gasteiger partial charge in [-0.15, -0.1) is 0 Å². The number of hydrogen-bond acceptors (Lipinski definition) is 14. The summed E-state index contributed by atoms with van der Waals surface area (Å²) in [7, 11) is -9.82. The number of aliphatic hydroxyl groups excluding tert-OH is 2. The van der Waals surface area contributed by atoms with Crippen molar-refractivity contribution in [1.29, 1.82) is 0 Å². The topological polar surface area (TPSA) is 231 Å². The number of hydrogen-bond donors (Lipinski definition) is 4. The van der Waals surface area contributed by atoms with Crippen LogP contribution in [0.2, 0.25) is 0 Å². The number of rotatable bonds is 66. The lowest BCUT2D eigenvalue weighted by molar-refractivity contribution is -0.161. The van der Waals surface area contributed by atoms with E-state index >= 15 is 0 Å². The first kappa shape index (κ1) is 91.6. The quantitative estimate of drug-likeness (QED) is 0.0146. The zero-order valence-electron chi connectivity index (χ0n) is 59.4. The highest BCUT2D eigenvalue weighted by atomic mass is 31.2. The lowest BCUT2D eigenvalue weighted by Gasteiger charge is -2.21. The lowest BCUT2D eigenvalue weighted by atomic mass is 10.1. The van der Waals surface area contributed by atoms with Crippen molar-refractivity contribution in [3.8, 4) is 0 Å². The predicted molar refractivity (Wildman–Crippen MR) is 398 cm³/mol. The van der Waals surface area contributed by atoms with Crippen LogP contribution in [0.1, 0.15) is 239 Å². The molecule has 0 aromatic carbocycles. The molecule has 0 aliphatic rings. The third kappa shape index (κ3) is 71.7. The zero-order valence-corrected chi connectivity index (χ0v) is 61.2. The molecule has 0 aliphatic heterocycles. The van der Waals surface area contributed by atoms with Crippen LogP contribution in [0, 0.1) is 0 Å². The molecule has 0 aliphatic carbocycles. The third-order valence-electron chi connectivity index (χ3n) is 14.1. The molecule has 4 N–H and O–H groups in total. The fourth-order valence-electron chi connectivity index (χ4n) is 8.71. The molecular weight excluding hydrogens is 1270 g/mol. The molecule has 97 heavy (non-hydrogen) atoms. The molecule has 0 aromatic rings. The Morgan fingerprint density at radius 1 is 0.289 bits per heavy atom. The first-order valence-electron chi connectivity index (χ1n) is 36.1. The highest BCUT2D eigenvalue weighted by molar-refractivity contribution is 7.47. The molecule has 548 valence electrons. The van der Waals surface area contributed by atoms with Gasteiger partial charge in [-0.1, -0.05) is 248 Å². The summed E-state index contributed by atoms with van der Waals surface area (Å²) in [6, 6.07) is 0. The Labute approximate surface area is 585 Å². The van der Waals surface area contributed by atoms with Crippen LogP contribution in [0.4, 0.5) is 0 Å². The van der Waals surface area contributed by atoms with E-state index in [9.17, 15) is 43.5 Å². The summed E-state index contributed by atoms with van der Waals surface area (Å²) in [5.41, 5.74) is 0. The molecule has 0 radical (unpaired) electrons. The first-order chi connectivity index (χ1) is 47.2. The summed E-state index contributed by atoms with van der Waals surface area (Å²) in [5.74, 6) is -1.66. The molecule has 0 heterocycles. The number of phosphoric acid groups is 2. The number of carbonyl (C=O) groups excluding carboxylic acids is 3. The van der Waals surface area contributed by atoms with E-state index in [-0.39, 0.29) is 19.3 Å².